The number of carbonyl (C=O) groups excluding carboxylic acids is 1. The average molecular weight is 288 g/mol. The minimum Gasteiger partial charge on any atom is -0.388 e. The van der Waals surface area contributed by atoms with Crippen molar-refractivity contribution in [3.8, 4) is 0 Å². The van der Waals surface area contributed by atoms with Crippen LogP contribution in [0.25, 0.3) is 0 Å². The Morgan fingerprint density at radius 1 is 1.30 bits per heavy atom. The van der Waals surface area contributed by atoms with Crippen molar-refractivity contribution in [2.24, 2.45) is 5.73 Å². The van der Waals surface area contributed by atoms with Gasteiger partial charge in [-0.25, -0.2) is 4.79 Å². The molecule has 5 nitrogen and oxygen atoms in total. The number of halogens is 3. The number of hydrogen-bond donors (Lipinski definition) is 4. The van der Waals surface area contributed by atoms with Gasteiger partial charge in [0.05, 0.1) is 17.1 Å². The van der Waals surface area contributed by atoms with Gasteiger partial charge in [-0.2, -0.15) is 13.2 Å². The summed E-state index contributed by atoms with van der Waals surface area (Å²) in [7, 11) is 0. The number of benzene rings is 1. The number of anilines is 1. The van der Waals surface area contributed by atoms with Gasteiger partial charge in [0.2, 0.25) is 0 Å². The van der Waals surface area contributed by atoms with Crippen molar-refractivity contribution < 1.29 is 18.0 Å². The van der Waals surface area contributed by atoms with Gasteiger partial charge in [0.25, 0.3) is 0 Å². The topological polar surface area (TPSA) is 91.0 Å². The van der Waals surface area contributed by atoms with Crippen LogP contribution in [0.4, 0.5) is 23.7 Å². The van der Waals surface area contributed by atoms with E-state index in [-0.39, 0.29) is 18.1 Å². The van der Waals surface area contributed by atoms with Gasteiger partial charge in [-0.3, -0.25) is 5.41 Å². The predicted octanol–water partition coefficient (Wildman–Crippen LogP) is 2.54. The van der Waals surface area contributed by atoms with E-state index in [9.17, 15) is 18.0 Å². The average Bonchev–Trinajstić information content (AvgIpc) is 2.34. The maximum absolute atomic E-state index is 12.7. The smallest absolute Gasteiger partial charge is 0.388 e. The molecule has 0 bridgehead atoms. The van der Waals surface area contributed by atoms with E-state index in [1.807, 2.05) is 0 Å². The van der Waals surface area contributed by atoms with Gasteiger partial charge in [0.15, 0.2) is 0 Å². The number of nitrogens with two attached hydrogens (primary N) is 1. The van der Waals surface area contributed by atoms with Crippen LogP contribution in [0, 0.1) is 5.41 Å². The third kappa shape index (κ3) is 5.17. The van der Waals surface area contributed by atoms with Crippen molar-refractivity contribution in [3.63, 3.8) is 0 Å². The lowest BCUT2D eigenvalue weighted by molar-refractivity contribution is -0.136. The lowest BCUT2D eigenvalue weighted by atomic mass is 10.1. The Labute approximate surface area is 113 Å². The van der Waals surface area contributed by atoms with E-state index in [2.05, 4.69) is 10.6 Å². The van der Waals surface area contributed by atoms with Crippen LogP contribution in [0.5, 0.6) is 0 Å². The van der Waals surface area contributed by atoms with E-state index in [0.717, 1.165) is 6.07 Å². The zero-order chi connectivity index (χ0) is 15.2. The van der Waals surface area contributed by atoms with E-state index < -0.39 is 17.8 Å². The molecule has 1 rings (SSSR count). The first-order valence-corrected chi connectivity index (χ1v) is 5.84. The first-order valence-electron chi connectivity index (χ1n) is 5.84. The summed E-state index contributed by atoms with van der Waals surface area (Å²) in [6, 6.07) is 3.99. The molecule has 0 fully saturated rings. The first-order chi connectivity index (χ1) is 9.30. The van der Waals surface area contributed by atoms with Crippen LogP contribution in [0.1, 0.15) is 18.4 Å². The molecule has 0 atom stereocenters. The summed E-state index contributed by atoms with van der Waals surface area (Å²) in [6.45, 7) is 0.222. The molecule has 0 aliphatic heterocycles. The monoisotopic (exact) mass is 288 g/mol. The number of amides is 2. The normalized spacial score (nSPS) is 10.9. The van der Waals surface area contributed by atoms with Crippen molar-refractivity contribution in [2.45, 2.75) is 19.0 Å². The zero-order valence-electron chi connectivity index (χ0n) is 10.6. The molecule has 8 heteroatoms. The first kappa shape index (κ1) is 15.8. The summed E-state index contributed by atoms with van der Waals surface area (Å²) in [5.74, 6) is -0.00498. The highest BCUT2D eigenvalue weighted by atomic mass is 19.4. The van der Waals surface area contributed by atoms with Crippen LogP contribution < -0.4 is 16.4 Å². The number of amidine groups is 1. The third-order valence-corrected chi connectivity index (χ3v) is 2.39. The number of para-hydroxylation sites is 1. The van der Waals surface area contributed by atoms with Crippen LogP contribution >= 0.6 is 0 Å². The minimum absolute atomic E-state index is 0.00498. The predicted molar refractivity (Wildman–Crippen MR) is 69.6 cm³/mol. The Hall–Kier alpha value is -2.25. The SMILES string of the molecule is N=C(N)CCCNC(=O)Nc1ccccc1C(F)(F)F. The summed E-state index contributed by atoms with van der Waals surface area (Å²) >= 11 is 0. The van der Waals surface area contributed by atoms with Crippen LogP contribution in [0.15, 0.2) is 24.3 Å². The second-order valence-electron chi connectivity index (χ2n) is 4.05. The molecule has 0 aromatic heterocycles. The highest BCUT2D eigenvalue weighted by Crippen LogP contribution is 2.34. The maximum atomic E-state index is 12.7. The Kier molecular flexibility index (Phi) is 5.36. The quantitative estimate of drug-likeness (QED) is 0.381. The van der Waals surface area contributed by atoms with Gasteiger partial charge in [-0.1, -0.05) is 12.1 Å². The maximum Gasteiger partial charge on any atom is 0.418 e. The van der Waals surface area contributed by atoms with Gasteiger partial charge in [0, 0.05) is 13.0 Å². The molecule has 0 unspecified atom stereocenters. The lowest BCUT2D eigenvalue weighted by Gasteiger charge is -2.13. The van der Waals surface area contributed by atoms with E-state index >= 15 is 0 Å². The summed E-state index contributed by atoms with van der Waals surface area (Å²) < 4.78 is 38.1. The molecule has 0 saturated carbocycles. The molecule has 0 aliphatic carbocycles. The highest BCUT2D eigenvalue weighted by Gasteiger charge is 2.33. The van der Waals surface area contributed by atoms with Crippen molar-refractivity contribution in [2.75, 3.05) is 11.9 Å². The van der Waals surface area contributed by atoms with Crippen LogP contribution in [-0.2, 0) is 6.18 Å². The molecule has 0 radical (unpaired) electrons. The van der Waals surface area contributed by atoms with E-state index in [4.69, 9.17) is 11.1 Å². The third-order valence-electron chi connectivity index (χ3n) is 2.39. The molecule has 0 spiro atoms. The molecule has 0 aliphatic rings. The molecule has 0 heterocycles. The number of hydrogen-bond acceptors (Lipinski definition) is 2. The fourth-order valence-corrected chi connectivity index (χ4v) is 1.49. The van der Waals surface area contributed by atoms with Crippen molar-refractivity contribution >= 4 is 17.6 Å². The molecule has 1 aromatic rings. The number of alkyl halides is 3. The number of carbonyl (C=O) groups is 1. The summed E-state index contributed by atoms with van der Waals surface area (Å²) in [5, 5.41) is 11.5. The molecule has 1 aromatic carbocycles. The van der Waals surface area contributed by atoms with Crippen LogP contribution in [0.2, 0.25) is 0 Å². The molecular weight excluding hydrogens is 273 g/mol. The fourth-order valence-electron chi connectivity index (χ4n) is 1.49. The summed E-state index contributed by atoms with van der Waals surface area (Å²) in [5.41, 5.74) is 3.92. The van der Waals surface area contributed by atoms with Crippen molar-refractivity contribution in [1.82, 2.24) is 5.32 Å². The van der Waals surface area contributed by atoms with Crippen LogP contribution in [-0.4, -0.2) is 18.4 Å². The van der Waals surface area contributed by atoms with Gasteiger partial charge >= 0.3 is 12.2 Å². The standard InChI is InChI=1S/C12H15F3N4O/c13-12(14,15)8-4-1-2-5-9(8)19-11(20)18-7-3-6-10(16)17/h1-2,4-5H,3,6-7H2,(H3,16,17)(H2,18,19,20). The Morgan fingerprint density at radius 2 is 1.95 bits per heavy atom. The number of rotatable bonds is 5. The molecule has 110 valence electrons. The summed E-state index contributed by atoms with van der Waals surface area (Å²) in [4.78, 5) is 11.5. The van der Waals surface area contributed by atoms with Crippen molar-refractivity contribution in [1.29, 1.82) is 5.41 Å². The second kappa shape index (κ2) is 6.78. The van der Waals surface area contributed by atoms with Crippen molar-refractivity contribution in [3.05, 3.63) is 29.8 Å². The Balaban J connectivity index is 2.56. The Bertz CT molecular complexity index is 488. The largest absolute Gasteiger partial charge is 0.418 e. The number of urea groups is 1. The molecule has 2 amide bonds. The van der Waals surface area contributed by atoms with Gasteiger partial charge in [-0.15, -0.1) is 0 Å². The molecule has 20 heavy (non-hydrogen) atoms. The second-order valence-corrected chi connectivity index (χ2v) is 4.05. The van der Waals surface area contributed by atoms with E-state index in [1.165, 1.54) is 18.2 Å². The van der Waals surface area contributed by atoms with Gasteiger partial charge in [0.1, 0.15) is 0 Å². The Morgan fingerprint density at radius 3 is 2.55 bits per heavy atom. The van der Waals surface area contributed by atoms with E-state index in [1.54, 1.807) is 0 Å². The van der Waals surface area contributed by atoms with E-state index in [0.29, 0.717) is 12.8 Å². The number of nitrogens with one attached hydrogen (secondary N) is 3. The zero-order valence-corrected chi connectivity index (χ0v) is 10.6. The molecule has 5 N–H and O–H groups in total. The molecular formula is C12H15F3N4O. The lowest BCUT2D eigenvalue weighted by Crippen LogP contribution is -2.31. The fraction of sp³-hybridized carbons (Fsp3) is 0.333. The summed E-state index contributed by atoms with van der Waals surface area (Å²) in [6.07, 6.45) is -3.76. The highest BCUT2D eigenvalue weighted by molar-refractivity contribution is 5.90. The minimum atomic E-state index is -4.53. The van der Waals surface area contributed by atoms with Gasteiger partial charge < -0.3 is 16.4 Å². The van der Waals surface area contributed by atoms with Gasteiger partial charge in [-0.05, 0) is 18.6 Å². The molecule has 0 saturated heterocycles. The van der Waals surface area contributed by atoms with Crippen LogP contribution in [0.3, 0.4) is 0 Å².